The first-order valence-electron chi connectivity index (χ1n) is 7.83. The van der Waals surface area contributed by atoms with Crippen LogP contribution in [0.3, 0.4) is 0 Å². The molecule has 1 heterocycles. The lowest BCUT2D eigenvalue weighted by molar-refractivity contribution is 0.0993. The highest BCUT2D eigenvalue weighted by Gasteiger charge is 2.09. The van der Waals surface area contributed by atoms with Crippen LogP contribution < -0.4 is 0 Å². The van der Waals surface area contributed by atoms with Crippen LogP contribution in [0.5, 0.6) is 0 Å². The molecule has 4 rings (SSSR count). The number of nitrogens with zero attached hydrogens (tertiary/aromatic N) is 1. The monoisotopic (exact) mass is 329 g/mol. The van der Waals surface area contributed by atoms with Crippen LogP contribution in [0.1, 0.15) is 15.9 Å². The van der Waals surface area contributed by atoms with Gasteiger partial charge in [-0.1, -0.05) is 60.7 Å². The molecule has 0 saturated heterocycles. The molecule has 24 heavy (non-hydrogen) atoms. The first-order chi connectivity index (χ1) is 11.8. The summed E-state index contributed by atoms with van der Waals surface area (Å²) in [7, 11) is 0. The summed E-state index contributed by atoms with van der Waals surface area (Å²) in [6.07, 6.45) is 0.406. The van der Waals surface area contributed by atoms with Crippen LogP contribution in [0.2, 0.25) is 0 Å². The van der Waals surface area contributed by atoms with E-state index in [9.17, 15) is 4.79 Å². The number of hydrogen-bond acceptors (Lipinski definition) is 3. The van der Waals surface area contributed by atoms with Gasteiger partial charge in [-0.05, 0) is 23.8 Å². The Hall–Kier alpha value is -2.78. The smallest absolute Gasteiger partial charge is 0.167 e. The van der Waals surface area contributed by atoms with Gasteiger partial charge in [0.1, 0.15) is 5.01 Å². The van der Waals surface area contributed by atoms with E-state index in [0.29, 0.717) is 6.42 Å². The summed E-state index contributed by atoms with van der Waals surface area (Å²) in [6, 6.07) is 25.7. The van der Waals surface area contributed by atoms with Gasteiger partial charge in [0.25, 0.3) is 0 Å². The lowest BCUT2D eigenvalue weighted by atomic mass is 10.0. The zero-order valence-corrected chi connectivity index (χ0v) is 13.8. The quantitative estimate of drug-likeness (QED) is 0.470. The van der Waals surface area contributed by atoms with Crippen LogP contribution >= 0.6 is 11.3 Å². The molecule has 0 aliphatic rings. The lowest BCUT2D eigenvalue weighted by Crippen LogP contribution is -2.03. The number of thiazole rings is 1. The molecule has 2 nitrogen and oxygen atoms in total. The zero-order valence-electron chi connectivity index (χ0n) is 13.0. The summed E-state index contributed by atoms with van der Waals surface area (Å²) in [5.41, 5.74) is 3.85. The van der Waals surface area contributed by atoms with Crippen molar-refractivity contribution in [1.29, 1.82) is 0 Å². The fourth-order valence-corrected chi connectivity index (χ4v) is 3.68. The molecule has 3 aromatic carbocycles. The van der Waals surface area contributed by atoms with E-state index in [4.69, 9.17) is 4.98 Å². The van der Waals surface area contributed by atoms with Crippen molar-refractivity contribution in [3.63, 3.8) is 0 Å². The summed E-state index contributed by atoms with van der Waals surface area (Å²) in [4.78, 5) is 17.1. The van der Waals surface area contributed by atoms with E-state index in [1.54, 1.807) is 11.3 Å². The number of hydrogen-bond donors (Lipinski definition) is 0. The first-order valence-corrected chi connectivity index (χ1v) is 8.64. The number of ketones is 1. The van der Waals surface area contributed by atoms with Crippen LogP contribution in [0, 0.1) is 0 Å². The maximum absolute atomic E-state index is 12.4. The topological polar surface area (TPSA) is 30.0 Å². The molecule has 4 aromatic rings. The maximum atomic E-state index is 12.4. The van der Waals surface area contributed by atoms with Crippen molar-refractivity contribution >= 4 is 27.3 Å². The molecule has 0 spiro atoms. The van der Waals surface area contributed by atoms with Crippen LogP contribution in [0.25, 0.3) is 20.8 Å². The summed E-state index contributed by atoms with van der Waals surface area (Å²) in [6.45, 7) is 0. The van der Waals surface area contributed by atoms with Crippen molar-refractivity contribution < 1.29 is 4.79 Å². The second kappa shape index (κ2) is 6.38. The minimum Gasteiger partial charge on any atom is -0.294 e. The molecule has 0 aliphatic carbocycles. The van der Waals surface area contributed by atoms with Crippen molar-refractivity contribution in [3.05, 3.63) is 90.0 Å². The Bertz CT molecular complexity index is 971. The number of para-hydroxylation sites is 1. The zero-order chi connectivity index (χ0) is 16.4. The lowest BCUT2D eigenvalue weighted by Gasteiger charge is -2.03. The predicted molar refractivity (Wildman–Crippen MR) is 99.5 cm³/mol. The van der Waals surface area contributed by atoms with Gasteiger partial charge in [-0.25, -0.2) is 4.98 Å². The van der Waals surface area contributed by atoms with E-state index in [1.165, 1.54) is 4.70 Å². The molecule has 0 aliphatic heterocycles. The molecule has 0 amide bonds. The highest BCUT2D eigenvalue weighted by Crippen LogP contribution is 2.30. The number of fused-ring (bicyclic) bond motifs is 1. The van der Waals surface area contributed by atoms with E-state index in [-0.39, 0.29) is 5.78 Å². The average Bonchev–Trinajstić information content (AvgIpc) is 3.07. The third kappa shape index (κ3) is 2.99. The molecule has 1 aromatic heterocycles. The minimum absolute atomic E-state index is 0.136. The van der Waals surface area contributed by atoms with Crippen molar-refractivity contribution in [2.45, 2.75) is 6.42 Å². The number of Topliss-reactive ketones (excluding diaryl/α,β-unsaturated/α-hetero) is 1. The minimum atomic E-state index is 0.136. The number of aromatic nitrogens is 1. The molecule has 0 saturated carbocycles. The Morgan fingerprint density at radius 3 is 2.50 bits per heavy atom. The molecule has 0 bridgehead atoms. The Labute approximate surface area is 144 Å². The molecule has 0 atom stereocenters. The van der Waals surface area contributed by atoms with E-state index in [2.05, 4.69) is 12.1 Å². The molecule has 3 heteroatoms. The predicted octanol–water partition coefficient (Wildman–Crippen LogP) is 5.39. The van der Waals surface area contributed by atoms with Crippen molar-refractivity contribution in [1.82, 2.24) is 4.98 Å². The van der Waals surface area contributed by atoms with Gasteiger partial charge in [0.15, 0.2) is 5.78 Å². The van der Waals surface area contributed by atoms with Gasteiger partial charge in [-0.2, -0.15) is 0 Å². The SMILES string of the molecule is O=C(Cc1cccc(-c2nc3ccccc3s2)c1)c1ccccc1. The number of carbonyl (C=O) groups excluding carboxylic acids is 1. The highest BCUT2D eigenvalue weighted by molar-refractivity contribution is 7.21. The van der Waals surface area contributed by atoms with Gasteiger partial charge in [0.05, 0.1) is 10.2 Å². The van der Waals surface area contributed by atoms with E-state index in [1.807, 2.05) is 66.7 Å². The summed E-state index contributed by atoms with van der Waals surface area (Å²) in [5.74, 6) is 0.136. The van der Waals surface area contributed by atoms with Crippen molar-refractivity contribution in [2.75, 3.05) is 0 Å². The van der Waals surface area contributed by atoms with Crippen LogP contribution in [-0.2, 0) is 6.42 Å². The van der Waals surface area contributed by atoms with E-state index < -0.39 is 0 Å². The Morgan fingerprint density at radius 2 is 1.67 bits per heavy atom. The molecule has 0 fully saturated rings. The van der Waals surface area contributed by atoms with Gasteiger partial charge >= 0.3 is 0 Å². The summed E-state index contributed by atoms with van der Waals surface area (Å²) < 4.78 is 1.18. The normalized spacial score (nSPS) is 10.8. The third-order valence-corrected chi connectivity index (χ3v) is 5.01. The fraction of sp³-hybridized carbons (Fsp3) is 0.0476. The van der Waals surface area contributed by atoms with Gasteiger partial charge in [-0.3, -0.25) is 4.79 Å². The maximum Gasteiger partial charge on any atom is 0.167 e. The van der Waals surface area contributed by atoms with Gasteiger partial charge in [-0.15, -0.1) is 11.3 Å². The molecular formula is C21H15NOS. The second-order valence-electron chi connectivity index (χ2n) is 5.65. The van der Waals surface area contributed by atoms with Crippen LogP contribution in [0.15, 0.2) is 78.9 Å². The van der Waals surface area contributed by atoms with E-state index in [0.717, 1.165) is 27.2 Å². The molecule has 0 radical (unpaired) electrons. The number of rotatable bonds is 4. The fourth-order valence-electron chi connectivity index (χ4n) is 2.72. The van der Waals surface area contributed by atoms with Gasteiger partial charge in [0, 0.05) is 17.5 Å². The average molecular weight is 329 g/mol. The molecule has 116 valence electrons. The summed E-state index contributed by atoms with van der Waals surface area (Å²) >= 11 is 1.68. The van der Waals surface area contributed by atoms with Crippen molar-refractivity contribution in [3.8, 4) is 10.6 Å². The Morgan fingerprint density at radius 1 is 0.875 bits per heavy atom. The first kappa shape index (κ1) is 14.8. The van der Waals surface area contributed by atoms with Crippen LogP contribution in [0.4, 0.5) is 0 Å². The second-order valence-corrected chi connectivity index (χ2v) is 6.68. The standard InChI is InChI=1S/C21H15NOS/c23-19(16-8-2-1-3-9-16)14-15-7-6-10-17(13-15)21-22-18-11-4-5-12-20(18)24-21/h1-13H,14H2. The van der Waals surface area contributed by atoms with E-state index >= 15 is 0 Å². The largest absolute Gasteiger partial charge is 0.294 e. The van der Waals surface area contributed by atoms with Gasteiger partial charge < -0.3 is 0 Å². The Kier molecular flexibility index (Phi) is 3.93. The molecule has 0 N–H and O–H groups in total. The molecular weight excluding hydrogens is 314 g/mol. The molecule has 0 unspecified atom stereocenters. The van der Waals surface area contributed by atoms with Crippen molar-refractivity contribution in [2.24, 2.45) is 0 Å². The third-order valence-electron chi connectivity index (χ3n) is 3.93. The Balaban J connectivity index is 1.63. The van der Waals surface area contributed by atoms with Crippen LogP contribution in [-0.4, -0.2) is 10.8 Å². The number of benzene rings is 3. The summed E-state index contributed by atoms with van der Waals surface area (Å²) in [5, 5.41) is 0.991. The van der Waals surface area contributed by atoms with Gasteiger partial charge in [0.2, 0.25) is 0 Å². The number of carbonyl (C=O) groups is 1. The highest BCUT2D eigenvalue weighted by atomic mass is 32.1.